The van der Waals surface area contributed by atoms with E-state index in [-0.39, 0.29) is 16.3 Å². The van der Waals surface area contributed by atoms with Gasteiger partial charge in [0.1, 0.15) is 0 Å². The third-order valence-electron chi connectivity index (χ3n) is 2.43. The molecule has 10 heteroatoms. The highest BCUT2D eigenvalue weighted by atomic mass is 32.1. The summed E-state index contributed by atoms with van der Waals surface area (Å²) in [6.45, 7) is 0. The number of hydrogen-bond acceptors (Lipinski definition) is 5. The minimum Gasteiger partial charge on any atom is -0.504 e. The Morgan fingerprint density at radius 2 is 2.19 bits per heavy atom. The molecule has 0 radical (unpaired) electrons. The number of benzene rings is 1. The smallest absolute Gasteiger partial charge is 0.453 e. The average molecular weight is 318 g/mol. The lowest BCUT2D eigenvalue weighted by molar-refractivity contribution is -0.147. The van der Waals surface area contributed by atoms with Crippen molar-refractivity contribution in [1.82, 2.24) is 14.9 Å². The van der Waals surface area contributed by atoms with Gasteiger partial charge in [0, 0.05) is 0 Å². The second kappa shape index (κ2) is 5.56. The van der Waals surface area contributed by atoms with Crippen LogP contribution in [-0.2, 0) is 6.18 Å². The molecule has 0 unspecified atom stereocenters. The highest BCUT2D eigenvalue weighted by molar-refractivity contribution is 7.71. The van der Waals surface area contributed by atoms with Gasteiger partial charge in [-0.3, -0.25) is 0 Å². The molecule has 0 aliphatic rings. The molecule has 1 aromatic carbocycles. The van der Waals surface area contributed by atoms with Gasteiger partial charge >= 0.3 is 6.18 Å². The van der Waals surface area contributed by atoms with Crippen LogP contribution in [0.25, 0.3) is 0 Å². The predicted octanol–water partition coefficient (Wildman–Crippen LogP) is 2.56. The molecule has 1 aromatic heterocycles. The second-order valence-electron chi connectivity index (χ2n) is 3.84. The molecule has 0 atom stereocenters. The van der Waals surface area contributed by atoms with Gasteiger partial charge in [0.25, 0.3) is 5.82 Å². The average Bonchev–Trinajstić information content (AvgIpc) is 2.79. The van der Waals surface area contributed by atoms with Crippen molar-refractivity contribution in [2.24, 2.45) is 5.10 Å². The Labute approximate surface area is 121 Å². The van der Waals surface area contributed by atoms with Gasteiger partial charge in [0.05, 0.1) is 13.3 Å². The summed E-state index contributed by atoms with van der Waals surface area (Å²) in [6, 6.07) is 4.20. The van der Waals surface area contributed by atoms with Gasteiger partial charge in [-0.05, 0) is 36.0 Å². The lowest BCUT2D eigenvalue weighted by Gasteiger charge is -2.05. The molecule has 112 valence electrons. The van der Waals surface area contributed by atoms with E-state index in [2.05, 4.69) is 10.2 Å². The molecule has 2 rings (SSSR count). The summed E-state index contributed by atoms with van der Waals surface area (Å²) in [7, 11) is 1.35. The van der Waals surface area contributed by atoms with Crippen molar-refractivity contribution >= 4 is 18.4 Å². The molecule has 2 aromatic rings. The number of nitrogens with one attached hydrogen (secondary N) is 1. The normalized spacial score (nSPS) is 12.0. The highest BCUT2D eigenvalue weighted by Crippen LogP contribution is 2.28. The fourth-order valence-electron chi connectivity index (χ4n) is 1.48. The largest absolute Gasteiger partial charge is 0.504 e. The van der Waals surface area contributed by atoms with E-state index in [0.29, 0.717) is 10.2 Å². The van der Waals surface area contributed by atoms with Crippen molar-refractivity contribution in [1.29, 1.82) is 0 Å². The first-order valence-electron chi connectivity index (χ1n) is 5.49. The number of aromatic nitrogens is 3. The van der Waals surface area contributed by atoms with Crippen LogP contribution < -0.4 is 4.74 Å². The predicted molar refractivity (Wildman–Crippen MR) is 70.1 cm³/mol. The lowest BCUT2D eigenvalue weighted by atomic mass is 10.2. The van der Waals surface area contributed by atoms with Crippen LogP contribution in [0.1, 0.15) is 11.4 Å². The number of phenols is 1. The van der Waals surface area contributed by atoms with Gasteiger partial charge in [-0.25, -0.2) is 5.10 Å². The van der Waals surface area contributed by atoms with E-state index in [1.807, 2.05) is 5.10 Å². The first-order valence-corrected chi connectivity index (χ1v) is 5.89. The number of phenolic OH excluding ortho intramolecular Hbond substituents is 1. The number of rotatable bonds is 3. The number of methoxy groups -OCH3 is 1. The van der Waals surface area contributed by atoms with Crippen molar-refractivity contribution in [2.45, 2.75) is 6.18 Å². The van der Waals surface area contributed by atoms with Crippen LogP contribution in [0.3, 0.4) is 0 Å². The van der Waals surface area contributed by atoms with E-state index in [0.717, 1.165) is 6.21 Å². The molecular formula is C11H9F3N4O2S. The van der Waals surface area contributed by atoms with E-state index in [9.17, 15) is 18.3 Å². The van der Waals surface area contributed by atoms with Crippen LogP contribution in [0.4, 0.5) is 13.2 Å². The van der Waals surface area contributed by atoms with Crippen molar-refractivity contribution in [2.75, 3.05) is 7.11 Å². The number of alkyl halides is 3. The summed E-state index contributed by atoms with van der Waals surface area (Å²) in [4.78, 5) is 0. The van der Waals surface area contributed by atoms with Crippen LogP contribution >= 0.6 is 12.2 Å². The summed E-state index contributed by atoms with van der Waals surface area (Å²) < 4.78 is 43.1. The van der Waals surface area contributed by atoms with Gasteiger partial charge in [-0.2, -0.15) is 22.9 Å². The molecule has 0 amide bonds. The highest BCUT2D eigenvalue weighted by Gasteiger charge is 2.37. The minimum absolute atomic E-state index is 0.0921. The Kier molecular flexibility index (Phi) is 3.98. The van der Waals surface area contributed by atoms with Gasteiger partial charge < -0.3 is 9.84 Å². The van der Waals surface area contributed by atoms with Crippen molar-refractivity contribution in [3.8, 4) is 11.5 Å². The standard InChI is InChI=1S/C11H9F3N4O2S/c1-20-8-4-6(2-3-7(8)19)5-15-18-9(11(12,13)14)16-17-10(18)21/h2-5,19H,1H3,(H,17,21)/b15-5+. The molecule has 0 spiro atoms. The zero-order valence-electron chi connectivity index (χ0n) is 10.5. The van der Waals surface area contributed by atoms with Gasteiger partial charge in [-0.15, -0.1) is 5.10 Å². The maximum absolute atomic E-state index is 12.7. The minimum atomic E-state index is -4.68. The summed E-state index contributed by atoms with van der Waals surface area (Å²) in [5.74, 6) is -1.18. The number of ether oxygens (including phenoxy) is 1. The van der Waals surface area contributed by atoms with Gasteiger partial charge in [0.15, 0.2) is 11.5 Å². The Hall–Kier alpha value is -2.36. The maximum Gasteiger partial charge on any atom is 0.453 e. The third kappa shape index (κ3) is 3.21. The first-order chi connectivity index (χ1) is 9.82. The molecule has 0 aliphatic heterocycles. The lowest BCUT2D eigenvalue weighted by Crippen LogP contribution is -2.12. The number of aromatic amines is 1. The third-order valence-corrected chi connectivity index (χ3v) is 2.69. The van der Waals surface area contributed by atoms with E-state index < -0.39 is 12.0 Å². The molecule has 0 saturated carbocycles. The Morgan fingerprint density at radius 3 is 2.81 bits per heavy atom. The molecule has 0 aliphatic carbocycles. The number of H-pyrrole nitrogens is 1. The molecule has 0 bridgehead atoms. The van der Waals surface area contributed by atoms with E-state index in [1.165, 1.54) is 25.3 Å². The molecular weight excluding hydrogens is 309 g/mol. The Balaban J connectivity index is 2.39. The fourth-order valence-corrected chi connectivity index (χ4v) is 1.66. The van der Waals surface area contributed by atoms with Gasteiger partial charge in [0.2, 0.25) is 4.77 Å². The summed E-state index contributed by atoms with van der Waals surface area (Å²) in [5, 5.41) is 18.2. The van der Waals surface area contributed by atoms with Crippen LogP contribution in [0.15, 0.2) is 23.3 Å². The van der Waals surface area contributed by atoms with Crippen molar-refractivity contribution in [3.63, 3.8) is 0 Å². The van der Waals surface area contributed by atoms with Crippen LogP contribution in [0.2, 0.25) is 0 Å². The van der Waals surface area contributed by atoms with E-state index >= 15 is 0 Å². The first kappa shape index (κ1) is 15.0. The van der Waals surface area contributed by atoms with Crippen LogP contribution in [0.5, 0.6) is 11.5 Å². The van der Waals surface area contributed by atoms with Gasteiger partial charge in [-0.1, -0.05) is 0 Å². The molecule has 6 nitrogen and oxygen atoms in total. The monoisotopic (exact) mass is 318 g/mol. The van der Waals surface area contributed by atoms with Crippen molar-refractivity contribution < 1.29 is 23.0 Å². The SMILES string of the molecule is COc1cc(/C=N/n2c(C(F)(F)F)n[nH]c2=S)ccc1O. The fraction of sp³-hybridized carbons (Fsp3) is 0.182. The number of hydrogen-bond donors (Lipinski definition) is 2. The van der Waals surface area contributed by atoms with E-state index in [1.54, 1.807) is 0 Å². The topological polar surface area (TPSA) is 75.4 Å². The molecule has 0 saturated heterocycles. The summed E-state index contributed by atoms with van der Waals surface area (Å²) >= 11 is 4.69. The molecule has 2 N–H and O–H groups in total. The second-order valence-corrected chi connectivity index (χ2v) is 4.22. The molecule has 1 heterocycles. The summed E-state index contributed by atoms with van der Waals surface area (Å²) in [5.41, 5.74) is 0.417. The zero-order valence-corrected chi connectivity index (χ0v) is 11.4. The quantitative estimate of drug-likeness (QED) is 0.674. The Bertz CT molecular complexity index is 736. The van der Waals surface area contributed by atoms with E-state index in [4.69, 9.17) is 17.0 Å². The number of aromatic hydroxyl groups is 1. The van der Waals surface area contributed by atoms with Crippen LogP contribution in [0, 0.1) is 4.77 Å². The summed E-state index contributed by atoms with van der Waals surface area (Å²) in [6.07, 6.45) is -3.54. The maximum atomic E-state index is 12.7. The molecule has 21 heavy (non-hydrogen) atoms. The number of nitrogens with zero attached hydrogens (tertiary/aromatic N) is 3. The van der Waals surface area contributed by atoms with Crippen LogP contribution in [-0.4, -0.2) is 33.3 Å². The Morgan fingerprint density at radius 1 is 1.48 bits per heavy atom. The van der Waals surface area contributed by atoms with Crippen molar-refractivity contribution in [3.05, 3.63) is 34.4 Å². The molecule has 0 fully saturated rings. The number of halogens is 3. The zero-order chi connectivity index (χ0) is 15.6.